The summed E-state index contributed by atoms with van der Waals surface area (Å²) in [5.74, 6) is -0.269. The molecule has 0 saturated carbocycles. The molecule has 0 aliphatic carbocycles. The molecule has 0 radical (unpaired) electrons. The summed E-state index contributed by atoms with van der Waals surface area (Å²) in [7, 11) is 0. The molecule has 1 aromatic heterocycles. The second-order valence-electron chi connectivity index (χ2n) is 5.11. The third-order valence-electron chi connectivity index (χ3n) is 3.36. The molecular formula is C16H20ClFN2S. The first-order chi connectivity index (χ1) is 10.0. The van der Waals surface area contributed by atoms with E-state index in [1.807, 2.05) is 6.92 Å². The Hall–Kier alpha value is -0.970. The number of thiazole rings is 1. The number of hydrogen-bond acceptors (Lipinski definition) is 3. The van der Waals surface area contributed by atoms with Crippen LogP contribution in [0.2, 0.25) is 5.02 Å². The summed E-state index contributed by atoms with van der Waals surface area (Å²) in [6, 6.07) is 5.05. The number of aryl methyl sites for hydroxylation is 1. The van der Waals surface area contributed by atoms with Crippen molar-refractivity contribution in [3.63, 3.8) is 0 Å². The smallest absolute Gasteiger partial charge is 0.128 e. The van der Waals surface area contributed by atoms with Gasteiger partial charge in [0, 0.05) is 27.9 Å². The van der Waals surface area contributed by atoms with Crippen molar-refractivity contribution < 1.29 is 4.39 Å². The van der Waals surface area contributed by atoms with Gasteiger partial charge in [0.1, 0.15) is 5.82 Å². The second kappa shape index (κ2) is 7.34. The minimum Gasteiger partial charge on any atom is -0.309 e. The van der Waals surface area contributed by atoms with Crippen molar-refractivity contribution >= 4 is 22.9 Å². The monoisotopic (exact) mass is 326 g/mol. The van der Waals surface area contributed by atoms with Gasteiger partial charge in [-0.15, -0.1) is 11.3 Å². The van der Waals surface area contributed by atoms with Crippen LogP contribution in [0.3, 0.4) is 0 Å². The van der Waals surface area contributed by atoms with Crippen LogP contribution in [0.5, 0.6) is 0 Å². The summed E-state index contributed by atoms with van der Waals surface area (Å²) < 4.78 is 13.8. The van der Waals surface area contributed by atoms with Gasteiger partial charge in [0.05, 0.1) is 10.7 Å². The molecule has 0 aliphatic heterocycles. The molecular weight excluding hydrogens is 307 g/mol. The van der Waals surface area contributed by atoms with Gasteiger partial charge >= 0.3 is 0 Å². The van der Waals surface area contributed by atoms with Gasteiger partial charge in [0.15, 0.2) is 0 Å². The predicted molar refractivity (Wildman–Crippen MR) is 87.8 cm³/mol. The van der Waals surface area contributed by atoms with E-state index in [0.717, 1.165) is 23.7 Å². The zero-order chi connectivity index (χ0) is 15.4. The molecule has 2 aromatic rings. The van der Waals surface area contributed by atoms with E-state index in [2.05, 4.69) is 24.1 Å². The number of nitrogens with zero attached hydrogens (tertiary/aromatic N) is 1. The van der Waals surface area contributed by atoms with Gasteiger partial charge in [0.2, 0.25) is 0 Å². The highest BCUT2D eigenvalue weighted by atomic mass is 35.5. The third kappa shape index (κ3) is 4.02. The van der Waals surface area contributed by atoms with E-state index < -0.39 is 0 Å². The Bertz CT molecular complexity index is 592. The van der Waals surface area contributed by atoms with Gasteiger partial charge in [-0.3, -0.25) is 0 Å². The predicted octanol–water partition coefficient (Wildman–Crippen LogP) is 4.90. The molecule has 1 N–H and O–H groups in total. The maximum Gasteiger partial charge on any atom is 0.128 e. The SMILES string of the molecule is CCCNC(C)c1sc(Cc2c(F)cccc2Cl)nc1C. The van der Waals surface area contributed by atoms with E-state index >= 15 is 0 Å². The molecule has 0 fully saturated rings. The topological polar surface area (TPSA) is 24.9 Å². The van der Waals surface area contributed by atoms with Crippen molar-refractivity contribution in [2.45, 2.75) is 39.7 Å². The van der Waals surface area contributed by atoms with Gasteiger partial charge in [-0.25, -0.2) is 9.37 Å². The average Bonchev–Trinajstić information content (AvgIpc) is 2.81. The number of benzene rings is 1. The molecule has 0 saturated heterocycles. The van der Waals surface area contributed by atoms with Crippen LogP contribution in [-0.4, -0.2) is 11.5 Å². The van der Waals surface area contributed by atoms with E-state index in [1.165, 1.54) is 10.9 Å². The van der Waals surface area contributed by atoms with Crippen LogP contribution in [0, 0.1) is 12.7 Å². The zero-order valence-corrected chi connectivity index (χ0v) is 14.1. The summed E-state index contributed by atoms with van der Waals surface area (Å²) in [5, 5.41) is 4.82. The van der Waals surface area contributed by atoms with Crippen molar-refractivity contribution in [1.29, 1.82) is 0 Å². The molecule has 0 amide bonds. The lowest BCUT2D eigenvalue weighted by molar-refractivity contribution is 0.575. The van der Waals surface area contributed by atoms with Gasteiger partial charge < -0.3 is 5.32 Å². The normalized spacial score (nSPS) is 12.6. The maximum atomic E-state index is 13.8. The van der Waals surface area contributed by atoms with Crippen molar-refractivity contribution in [2.75, 3.05) is 6.54 Å². The van der Waals surface area contributed by atoms with E-state index in [4.69, 9.17) is 11.6 Å². The zero-order valence-electron chi connectivity index (χ0n) is 12.5. The van der Waals surface area contributed by atoms with Crippen LogP contribution < -0.4 is 5.32 Å². The van der Waals surface area contributed by atoms with Crippen molar-refractivity contribution in [1.82, 2.24) is 10.3 Å². The summed E-state index contributed by atoms with van der Waals surface area (Å²) >= 11 is 7.71. The lowest BCUT2D eigenvalue weighted by atomic mass is 10.1. The van der Waals surface area contributed by atoms with Crippen molar-refractivity contribution in [2.24, 2.45) is 0 Å². The highest BCUT2D eigenvalue weighted by molar-refractivity contribution is 7.11. The largest absolute Gasteiger partial charge is 0.309 e. The van der Waals surface area contributed by atoms with Crippen LogP contribution in [-0.2, 0) is 6.42 Å². The maximum absolute atomic E-state index is 13.8. The van der Waals surface area contributed by atoms with Gasteiger partial charge in [-0.1, -0.05) is 24.6 Å². The lowest BCUT2D eigenvalue weighted by Crippen LogP contribution is -2.18. The Morgan fingerprint density at radius 1 is 1.43 bits per heavy atom. The fraction of sp³-hybridized carbons (Fsp3) is 0.438. The van der Waals surface area contributed by atoms with Crippen LogP contribution >= 0.6 is 22.9 Å². The molecule has 0 spiro atoms. The number of aromatic nitrogens is 1. The average molecular weight is 327 g/mol. The summed E-state index contributed by atoms with van der Waals surface area (Å²) in [6.07, 6.45) is 1.54. The quantitative estimate of drug-likeness (QED) is 0.817. The van der Waals surface area contributed by atoms with E-state index in [0.29, 0.717) is 17.0 Å². The minimum atomic E-state index is -0.269. The van der Waals surface area contributed by atoms with Crippen molar-refractivity contribution in [3.05, 3.63) is 50.2 Å². The van der Waals surface area contributed by atoms with E-state index in [-0.39, 0.29) is 11.9 Å². The Morgan fingerprint density at radius 2 is 2.19 bits per heavy atom. The molecule has 2 nitrogen and oxygen atoms in total. The first kappa shape index (κ1) is 16.4. The Balaban J connectivity index is 2.19. The highest BCUT2D eigenvalue weighted by Gasteiger charge is 2.16. The summed E-state index contributed by atoms with van der Waals surface area (Å²) in [6.45, 7) is 7.26. The van der Waals surface area contributed by atoms with E-state index in [9.17, 15) is 4.39 Å². The molecule has 2 rings (SSSR count). The fourth-order valence-corrected chi connectivity index (χ4v) is 3.59. The van der Waals surface area contributed by atoms with Crippen LogP contribution in [0.25, 0.3) is 0 Å². The van der Waals surface area contributed by atoms with Crippen molar-refractivity contribution in [3.8, 4) is 0 Å². The van der Waals surface area contributed by atoms with E-state index in [1.54, 1.807) is 23.5 Å². The van der Waals surface area contributed by atoms with Gasteiger partial charge in [0.25, 0.3) is 0 Å². The first-order valence-corrected chi connectivity index (χ1v) is 8.34. The fourth-order valence-electron chi connectivity index (χ4n) is 2.25. The van der Waals surface area contributed by atoms with Gasteiger partial charge in [-0.05, 0) is 38.9 Å². The standard InChI is InChI=1S/C16H20ClFN2S/c1-4-8-19-10(2)16-11(3)20-15(21-16)9-12-13(17)6-5-7-14(12)18/h5-7,10,19H,4,8-9H2,1-3H3. The summed E-state index contributed by atoms with van der Waals surface area (Å²) in [5.41, 5.74) is 1.53. The number of rotatable bonds is 6. The van der Waals surface area contributed by atoms with Crippen LogP contribution in [0.15, 0.2) is 18.2 Å². The van der Waals surface area contributed by atoms with Crippen LogP contribution in [0.4, 0.5) is 4.39 Å². The molecule has 1 unspecified atom stereocenters. The number of halogens is 2. The molecule has 21 heavy (non-hydrogen) atoms. The lowest BCUT2D eigenvalue weighted by Gasteiger charge is -2.11. The molecule has 1 heterocycles. The van der Waals surface area contributed by atoms with Gasteiger partial charge in [-0.2, -0.15) is 0 Å². The summed E-state index contributed by atoms with van der Waals surface area (Å²) in [4.78, 5) is 5.78. The Labute approximate surface area is 134 Å². The number of nitrogens with one attached hydrogen (secondary N) is 1. The molecule has 0 aliphatic rings. The molecule has 0 bridgehead atoms. The van der Waals surface area contributed by atoms with Crippen LogP contribution in [0.1, 0.15) is 47.5 Å². The Morgan fingerprint density at radius 3 is 2.86 bits per heavy atom. The Kier molecular flexibility index (Phi) is 5.73. The third-order valence-corrected chi connectivity index (χ3v) is 5.05. The molecule has 5 heteroatoms. The second-order valence-corrected chi connectivity index (χ2v) is 6.63. The minimum absolute atomic E-state index is 0.269. The molecule has 114 valence electrons. The highest BCUT2D eigenvalue weighted by Crippen LogP contribution is 2.29. The first-order valence-electron chi connectivity index (χ1n) is 7.15. The molecule has 1 atom stereocenters. The molecule has 1 aromatic carbocycles. The number of hydrogen-bond donors (Lipinski definition) is 1.